The van der Waals surface area contributed by atoms with Gasteiger partial charge >= 0.3 is 0 Å². The molecule has 1 aromatic rings. The van der Waals surface area contributed by atoms with Crippen LogP contribution in [0.5, 0.6) is 0 Å². The van der Waals surface area contributed by atoms with Crippen molar-refractivity contribution in [3.8, 4) is 0 Å². The average molecular weight is 310 g/mol. The van der Waals surface area contributed by atoms with E-state index in [1.807, 2.05) is 12.1 Å². The Morgan fingerprint density at radius 2 is 1.76 bits per heavy atom. The lowest BCUT2D eigenvalue weighted by Gasteiger charge is -2.29. The van der Waals surface area contributed by atoms with Crippen LogP contribution in [0, 0.1) is 5.92 Å². The largest absolute Gasteiger partial charge is 0.385 e. The third kappa shape index (κ3) is 5.32. The maximum Gasteiger partial charge on any atom is 0.175 e. The highest BCUT2D eigenvalue weighted by atomic mass is 32.2. The zero-order chi connectivity index (χ0) is 15.3. The van der Waals surface area contributed by atoms with Gasteiger partial charge in [-0.1, -0.05) is 13.3 Å². The van der Waals surface area contributed by atoms with E-state index in [2.05, 4.69) is 17.1 Å². The number of likely N-dealkylation sites (tertiary alicyclic amines) is 1. The molecule has 1 atom stereocenters. The van der Waals surface area contributed by atoms with Crippen LogP contribution in [-0.2, 0) is 9.84 Å². The van der Waals surface area contributed by atoms with Gasteiger partial charge in [0.05, 0.1) is 4.90 Å². The van der Waals surface area contributed by atoms with Crippen molar-refractivity contribution in [3.63, 3.8) is 0 Å². The van der Waals surface area contributed by atoms with Crippen LogP contribution in [0.1, 0.15) is 26.2 Å². The first-order chi connectivity index (χ1) is 9.95. The second-order valence-electron chi connectivity index (χ2n) is 6.14. The molecule has 0 aliphatic carbocycles. The van der Waals surface area contributed by atoms with E-state index in [0.717, 1.165) is 18.8 Å². The number of anilines is 1. The highest BCUT2D eigenvalue weighted by Crippen LogP contribution is 2.15. The van der Waals surface area contributed by atoms with Crippen LogP contribution in [0.15, 0.2) is 29.2 Å². The van der Waals surface area contributed by atoms with Crippen molar-refractivity contribution in [1.82, 2.24) is 4.90 Å². The fourth-order valence-corrected chi connectivity index (χ4v) is 3.39. The maximum atomic E-state index is 11.4. The van der Waals surface area contributed by atoms with Gasteiger partial charge in [0, 0.05) is 25.0 Å². The average Bonchev–Trinajstić information content (AvgIpc) is 2.46. The Bertz CT molecular complexity index is 534. The SMILES string of the molecule is CC(CNc1ccc(S(C)(=O)=O)cc1)CN1CCCCC1. The van der Waals surface area contributed by atoms with Crippen LogP contribution in [0.25, 0.3) is 0 Å². The molecule has 1 unspecified atom stereocenters. The minimum Gasteiger partial charge on any atom is -0.385 e. The van der Waals surface area contributed by atoms with Gasteiger partial charge in [0.1, 0.15) is 0 Å². The molecule has 1 saturated heterocycles. The first-order valence-electron chi connectivity index (χ1n) is 7.71. The predicted octanol–water partition coefficient (Wildman–Crippen LogP) is 2.62. The Morgan fingerprint density at radius 3 is 2.33 bits per heavy atom. The molecule has 1 fully saturated rings. The summed E-state index contributed by atoms with van der Waals surface area (Å²) in [7, 11) is -3.10. The molecule has 0 aromatic heterocycles. The van der Waals surface area contributed by atoms with Gasteiger partial charge in [0.15, 0.2) is 9.84 Å². The van der Waals surface area contributed by atoms with Crippen molar-refractivity contribution in [1.29, 1.82) is 0 Å². The van der Waals surface area contributed by atoms with E-state index in [-0.39, 0.29) is 0 Å². The van der Waals surface area contributed by atoms with Crippen molar-refractivity contribution in [2.75, 3.05) is 37.8 Å². The highest BCUT2D eigenvalue weighted by molar-refractivity contribution is 7.90. The third-order valence-corrected chi connectivity index (χ3v) is 5.08. The van der Waals surface area contributed by atoms with Crippen LogP contribution in [0.2, 0.25) is 0 Å². The van der Waals surface area contributed by atoms with Gasteiger partial charge in [-0.15, -0.1) is 0 Å². The molecule has 0 amide bonds. The quantitative estimate of drug-likeness (QED) is 0.877. The molecule has 118 valence electrons. The second-order valence-corrected chi connectivity index (χ2v) is 8.16. The molecular formula is C16H26N2O2S. The fourth-order valence-electron chi connectivity index (χ4n) is 2.76. The molecule has 1 N–H and O–H groups in total. The van der Waals surface area contributed by atoms with Crippen molar-refractivity contribution < 1.29 is 8.42 Å². The predicted molar refractivity (Wildman–Crippen MR) is 87.5 cm³/mol. The topological polar surface area (TPSA) is 49.4 Å². The van der Waals surface area contributed by atoms with E-state index in [1.54, 1.807) is 12.1 Å². The molecule has 5 heteroatoms. The number of hydrogen-bond donors (Lipinski definition) is 1. The summed E-state index contributed by atoms with van der Waals surface area (Å²) in [5.41, 5.74) is 0.980. The minimum atomic E-state index is -3.10. The van der Waals surface area contributed by atoms with Gasteiger partial charge < -0.3 is 10.2 Å². The van der Waals surface area contributed by atoms with Crippen molar-refractivity contribution in [3.05, 3.63) is 24.3 Å². The number of nitrogens with one attached hydrogen (secondary N) is 1. The Morgan fingerprint density at radius 1 is 1.14 bits per heavy atom. The highest BCUT2D eigenvalue weighted by Gasteiger charge is 2.13. The summed E-state index contributed by atoms with van der Waals surface area (Å²) in [6, 6.07) is 6.99. The zero-order valence-corrected chi connectivity index (χ0v) is 13.8. The van der Waals surface area contributed by atoms with Crippen molar-refractivity contribution in [2.24, 2.45) is 5.92 Å². The number of hydrogen-bond acceptors (Lipinski definition) is 4. The Labute approximate surface area is 128 Å². The van der Waals surface area contributed by atoms with Crippen LogP contribution in [0.3, 0.4) is 0 Å². The second kappa shape index (κ2) is 7.27. The summed E-state index contributed by atoms with van der Waals surface area (Å²) < 4.78 is 22.8. The van der Waals surface area contributed by atoms with Crippen LogP contribution < -0.4 is 5.32 Å². The van der Waals surface area contributed by atoms with E-state index in [9.17, 15) is 8.42 Å². The smallest absolute Gasteiger partial charge is 0.175 e. The Hall–Kier alpha value is -1.07. The summed E-state index contributed by atoms with van der Waals surface area (Å²) in [5, 5.41) is 3.39. The van der Waals surface area contributed by atoms with Crippen molar-refractivity contribution >= 4 is 15.5 Å². The molecule has 0 radical (unpaired) electrons. The molecule has 2 rings (SSSR count). The molecule has 1 aliphatic heterocycles. The monoisotopic (exact) mass is 310 g/mol. The molecule has 21 heavy (non-hydrogen) atoms. The normalized spacial score (nSPS) is 18.4. The van der Waals surface area contributed by atoms with E-state index in [1.165, 1.54) is 38.6 Å². The summed E-state index contributed by atoms with van der Waals surface area (Å²) >= 11 is 0. The maximum absolute atomic E-state index is 11.4. The van der Waals surface area contributed by atoms with Gasteiger partial charge in [0.25, 0.3) is 0 Å². The van der Waals surface area contributed by atoms with Crippen molar-refractivity contribution in [2.45, 2.75) is 31.1 Å². The lowest BCUT2D eigenvalue weighted by Crippen LogP contribution is -2.35. The minimum absolute atomic E-state index is 0.370. The summed E-state index contributed by atoms with van der Waals surface area (Å²) in [6.07, 6.45) is 5.26. The molecule has 4 nitrogen and oxygen atoms in total. The summed E-state index contributed by atoms with van der Waals surface area (Å²) in [4.78, 5) is 2.91. The molecule has 0 bridgehead atoms. The number of benzene rings is 1. The van der Waals surface area contributed by atoms with E-state index >= 15 is 0 Å². The lowest BCUT2D eigenvalue weighted by atomic mass is 10.1. The molecule has 1 heterocycles. The zero-order valence-electron chi connectivity index (χ0n) is 13.0. The number of nitrogens with zero attached hydrogens (tertiary/aromatic N) is 1. The number of sulfone groups is 1. The van der Waals surface area contributed by atoms with Crippen LogP contribution >= 0.6 is 0 Å². The Kier molecular flexibility index (Phi) is 5.65. The fraction of sp³-hybridized carbons (Fsp3) is 0.625. The molecule has 1 aliphatic rings. The van der Waals surface area contributed by atoms with Gasteiger partial charge in [-0.3, -0.25) is 0 Å². The lowest BCUT2D eigenvalue weighted by molar-refractivity contribution is 0.204. The number of rotatable bonds is 6. The Balaban J connectivity index is 1.79. The molecule has 0 spiro atoms. The summed E-state index contributed by atoms with van der Waals surface area (Å²) in [5.74, 6) is 0.581. The van der Waals surface area contributed by atoms with Gasteiger partial charge in [-0.25, -0.2) is 8.42 Å². The van der Waals surface area contributed by atoms with E-state index in [4.69, 9.17) is 0 Å². The van der Waals surface area contributed by atoms with E-state index in [0.29, 0.717) is 10.8 Å². The van der Waals surface area contributed by atoms with Gasteiger partial charge in [-0.05, 0) is 56.1 Å². The summed E-state index contributed by atoms with van der Waals surface area (Å²) in [6.45, 7) is 6.76. The van der Waals surface area contributed by atoms with E-state index < -0.39 is 9.84 Å². The standard InChI is InChI=1S/C16H26N2O2S/c1-14(13-18-10-4-3-5-11-18)12-17-15-6-8-16(9-7-15)21(2,19)20/h6-9,14,17H,3-5,10-13H2,1-2H3. The van der Waals surface area contributed by atoms with Crippen LogP contribution in [-0.4, -0.2) is 45.8 Å². The van der Waals surface area contributed by atoms with Gasteiger partial charge in [0.2, 0.25) is 0 Å². The molecular weight excluding hydrogens is 284 g/mol. The third-order valence-electron chi connectivity index (χ3n) is 3.96. The van der Waals surface area contributed by atoms with Crippen LogP contribution in [0.4, 0.5) is 5.69 Å². The molecule has 1 aromatic carbocycles. The number of piperidine rings is 1. The van der Waals surface area contributed by atoms with Gasteiger partial charge in [-0.2, -0.15) is 0 Å². The first-order valence-corrected chi connectivity index (χ1v) is 9.60. The molecule has 0 saturated carbocycles. The first kappa shape index (κ1) is 16.3.